The lowest BCUT2D eigenvalue weighted by molar-refractivity contribution is -0.118. The maximum atomic E-state index is 12.3. The van der Waals surface area contributed by atoms with E-state index in [1.807, 2.05) is 6.92 Å². The second-order valence-electron chi connectivity index (χ2n) is 5.45. The molecule has 0 saturated carbocycles. The smallest absolute Gasteiger partial charge is 0.254 e. The molecule has 1 aromatic heterocycles. The van der Waals surface area contributed by atoms with E-state index in [1.165, 1.54) is 11.3 Å². The van der Waals surface area contributed by atoms with Gasteiger partial charge < -0.3 is 16.0 Å². The van der Waals surface area contributed by atoms with E-state index < -0.39 is 6.04 Å². The minimum Gasteiger partial charge on any atom is -0.340 e. The zero-order chi connectivity index (χ0) is 18.5. The van der Waals surface area contributed by atoms with Crippen molar-refractivity contribution in [3.05, 3.63) is 29.8 Å². The van der Waals surface area contributed by atoms with E-state index in [1.54, 1.807) is 36.0 Å². The molecule has 1 atom stereocenters. The van der Waals surface area contributed by atoms with Crippen molar-refractivity contribution in [2.75, 3.05) is 16.4 Å². The predicted octanol–water partition coefficient (Wildman–Crippen LogP) is 2.12. The number of aromatic nitrogens is 2. The summed E-state index contributed by atoms with van der Waals surface area (Å²) in [7, 11) is 0. The van der Waals surface area contributed by atoms with Crippen LogP contribution in [0.15, 0.2) is 28.6 Å². The van der Waals surface area contributed by atoms with Crippen molar-refractivity contribution in [3.63, 3.8) is 0 Å². The Kier molecular flexibility index (Phi) is 5.84. The van der Waals surface area contributed by atoms with Gasteiger partial charge in [0.15, 0.2) is 4.34 Å². The Morgan fingerprint density at radius 2 is 2.12 bits per heavy atom. The van der Waals surface area contributed by atoms with E-state index in [9.17, 15) is 14.4 Å². The number of nitrogens with zero attached hydrogens (tertiary/aromatic N) is 2. The van der Waals surface area contributed by atoms with E-state index in [-0.39, 0.29) is 30.6 Å². The summed E-state index contributed by atoms with van der Waals surface area (Å²) in [5.74, 6) is -0.0806. The number of anilines is 2. The van der Waals surface area contributed by atoms with Gasteiger partial charge in [0, 0.05) is 6.42 Å². The van der Waals surface area contributed by atoms with Gasteiger partial charge in [-0.3, -0.25) is 14.4 Å². The molecule has 3 rings (SSSR count). The zero-order valence-corrected chi connectivity index (χ0v) is 15.6. The molecule has 136 valence electrons. The number of para-hydroxylation sites is 1. The van der Waals surface area contributed by atoms with Gasteiger partial charge in [0.2, 0.25) is 16.9 Å². The molecule has 0 fully saturated rings. The fourth-order valence-electron chi connectivity index (χ4n) is 2.41. The van der Waals surface area contributed by atoms with E-state index in [0.29, 0.717) is 16.4 Å². The quantitative estimate of drug-likeness (QED) is 0.513. The Balaban J connectivity index is 1.56. The van der Waals surface area contributed by atoms with Gasteiger partial charge in [-0.25, -0.2) is 0 Å². The topological polar surface area (TPSA) is 113 Å². The number of amides is 3. The second kappa shape index (κ2) is 8.28. The maximum absolute atomic E-state index is 12.3. The number of nitrogens with one attached hydrogen (secondary N) is 3. The Hall–Kier alpha value is -2.46. The first-order valence-corrected chi connectivity index (χ1v) is 9.84. The molecule has 0 aliphatic carbocycles. The van der Waals surface area contributed by atoms with Crippen LogP contribution in [0.5, 0.6) is 0 Å². The Morgan fingerprint density at radius 3 is 2.92 bits per heavy atom. The number of fused-ring (bicyclic) bond motifs is 1. The number of rotatable bonds is 6. The molecule has 3 N–H and O–H groups in total. The molecule has 0 bridgehead atoms. The SMILES string of the molecule is CCSc1nnc(NC(=O)CC[C@H]2NC(=O)c3ccccc3NC2=O)s1. The lowest BCUT2D eigenvalue weighted by Gasteiger charge is -2.13. The molecule has 0 unspecified atom stereocenters. The van der Waals surface area contributed by atoms with Gasteiger partial charge in [-0.1, -0.05) is 42.2 Å². The number of carbonyl (C=O) groups excluding carboxylic acids is 3. The molecule has 2 aromatic rings. The third-order valence-electron chi connectivity index (χ3n) is 3.63. The summed E-state index contributed by atoms with van der Waals surface area (Å²) in [5, 5.41) is 16.3. The van der Waals surface area contributed by atoms with E-state index in [0.717, 1.165) is 10.1 Å². The molecule has 10 heteroatoms. The number of carbonyl (C=O) groups is 3. The van der Waals surface area contributed by atoms with Crippen LogP contribution in [0.25, 0.3) is 0 Å². The van der Waals surface area contributed by atoms with Crippen LogP contribution in [0.4, 0.5) is 10.8 Å². The minimum absolute atomic E-state index is 0.0740. The van der Waals surface area contributed by atoms with Crippen molar-refractivity contribution in [1.82, 2.24) is 15.5 Å². The van der Waals surface area contributed by atoms with Gasteiger partial charge in [0.05, 0.1) is 11.3 Å². The van der Waals surface area contributed by atoms with Crippen molar-refractivity contribution >= 4 is 51.6 Å². The van der Waals surface area contributed by atoms with E-state index in [4.69, 9.17) is 0 Å². The molecule has 1 aliphatic heterocycles. The lowest BCUT2D eigenvalue weighted by atomic mass is 10.1. The van der Waals surface area contributed by atoms with Crippen molar-refractivity contribution in [3.8, 4) is 0 Å². The maximum Gasteiger partial charge on any atom is 0.254 e. The number of hydrogen-bond donors (Lipinski definition) is 3. The summed E-state index contributed by atoms with van der Waals surface area (Å²) in [5.41, 5.74) is 0.874. The zero-order valence-electron chi connectivity index (χ0n) is 13.9. The van der Waals surface area contributed by atoms with Gasteiger partial charge >= 0.3 is 0 Å². The van der Waals surface area contributed by atoms with Crippen molar-refractivity contribution < 1.29 is 14.4 Å². The standard InChI is InChI=1S/C16H17N5O3S2/c1-2-25-16-21-20-15(26-16)19-12(22)8-7-11-14(24)17-10-6-4-3-5-9(10)13(23)18-11/h3-6,11H,2,7-8H2,1H3,(H,17,24)(H,18,23)(H,19,20,22)/t11-/m1/s1. The average molecular weight is 391 g/mol. The molecule has 3 amide bonds. The first kappa shape index (κ1) is 18.3. The monoisotopic (exact) mass is 391 g/mol. The first-order valence-electron chi connectivity index (χ1n) is 8.03. The van der Waals surface area contributed by atoms with Gasteiger partial charge in [0.1, 0.15) is 6.04 Å². The lowest BCUT2D eigenvalue weighted by Crippen LogP contribution is -2.41. The molecule has 1 aliphatic rings. The molecule has 8 nitrogen and oxygen atoms in total. The van der Waals surface area contributed by atoms with Gasteiger partial charge in [0.25, 0.3) is 5.91 Å². The minimum atomic E-state index is -0.777. The second-order valence-corrected chi connectivity index (χ2v) is 7.94. The highest BCUT2D eigenvalue weighted by atomic mass is 32.2. The van der Waals surface area contributed by atoms with Gasteiger partial charge in [-0.2, -0.15) is 0 Å². The summed E-state index contributed by atoms with van der Waals surface area (Å²) in [6.45, 7) is 2.01. The molecular formula is C16H17N5O3S2. The highest BCUT2D eigenvalue weighted by Gasteiger charge is 2.27. The Morgan fingerprint density at radius 1 is 1.31 bits per heavy atom. The van der Waals surface area contributed by atoms with Crippen LogP contribution in [0.3, 0.4) is 0 Å². The summed E-state index contributed by atoms with van der Waals surface area (Å²) < 4.78 is 0.788. The molecule has 0 radical (unpaired) electrons. The Labute approximate surface area is 158 Å². The Bertz CT molecular complexity index is 839. The predicted molar refractivity (Wildman–Crippen MR) is 100 cm³/mol. The van der Waals surface area contributed by atoms with Gasteiger partial charge in [-0.05, 0) is 24.3 Å². The molecule has 26 heavy (non-hydrogen) atoms. The van der Waals surface area contributed by atoms with Crippen molar-refractivity contribution in [2.45, 2.75) is 30.1 Å². The van der Waals surface area contributed by atoms with Crippen LogP contribution >= 0.6 is 23.1 Å². The number of thioether (sulfide) groups is 1. The molecule has 2 heterocycles. The fourth-order valence-corrected chi connectivity index (χ4v) is 4.08. The first-order chi connectivity index (χ1) is 12.6. The van der Waals surface area contributed by atoms with Crippen molar-refractivity contribution in [1.29, 1.82) is 0 Å². The third-order valence-corrected chi connectivity index (χ3v) is 5.49. The molecule has 1 aromatic carbocycles. The van der Waals surface area contributed by atoms with E-state index >= 15 is 0 Å². The van der Waals surface area contributed by atoms with Crippen LogP contribution in [-0.4, -0.2) is 39.7 Å². The van der Waals surface area contributed by atoms with Crippen LogP contribution in [0.1, 0.15) is 30.1 Å². The summed E-state index contributed by atoms with van der Waals surface area (Å²) in [6, 6.07) is 6.00. The number of hydrogen-bond acceptors (Lipinski definition) is 7. The van der Waals surface area contributed by atoms with Crippen molar-refractivity contribution in [2.24, 2.45) is 0 Å². The molecule has 0 spiro atoms. The highest BCUT2D eigenvalue weighted by molar-refractivity contribution is 8.01. The average Bonchev–Trinajstić information content (AvgIpc) is 3.01. The molecule has 0 saturated heterocycles. The van der Waals surface area contributed by atoms with Crippen LogP contribution < -0.4 is 16.0 Å². The van der Waals surface area contributed by atoms with Crippen LogP contribution in [-0.2, 0) is 9.59 Å². The largest absolute Gasteiger partial charge is 0.340 e. The van der Waals surface area contributed by atoms with Gasteiger partial charge in [-0.15, -0.1) is 10.2 Å². The molecular weight excluding hydrogens is 374 g/mol. The van der Waals surface area contributed by atoms with E-state index in [2.05, 4.69) is 26.1 Å². The summed E-state index contributed by atoms with van der Waals surface area (Å²) >= 11 is 2.85. The summed E-state index contributed by atoms with van der Waals surface area (Å²) in [6.07, 6.45) is 0.261. The summed E-state index contributed by atoms with van der Waals surface area (Å²) in [4.78, 5) is 36.6. The van der Waals surface area contributed by atoms with Crippen LogP contribution in [0.2, 0.25) is 0 Å². The normalized spacial score (nSPS) is 16.3. The number of benzene rings is 1. The highest BCUT2D eigenvalue weighted by Crippen LogP contribution is 2.25. The third kappa shape index (κ3) is 4.38. The fraction of sp³-hybridized carbons (Fsp3) is 0.312. The van der Waals surface area contributed by atoms with Crippen LogP contribution in [0, 0.1) is 0 Å².